The van der Waals surface area contributed by atoms with Gasteiger partial charge in [0, 0.05) is 16.3 Å². The first-order chi connectivity index (χ1) is 14.0. The van der Waals surface area contributed by atoms with Gasteiger partial charge >= 0.3 is 5.97 Å². The summed E-state index contributed by atoms with van der Waals surface area (Å²) in [6, 6.07) is 13.9. The minimum Gasteiger partial charge on any atom is -0.478 e. The van der Waals surface area contributed by atoms with Crippen LogP contribution in [0.1, 0.15) is 56.2 Å². The lowest BCUT2D eigenvalue weighted by molar-refractivity contribution is 0.0696. The number of aromatic carboxylic acids is 1. The number of rotatable bonds is 4. The minimum absolute atomic E-state index is 0.450. The van der Waals surface area contributed by atoms with Crippen LogP contribution in [0.3, 0.4) is 0 Å². The maximum atomic E-state index is 12.1. The van der Waals surface area contributed by atoms with E-state index in [2.05, 4.69) is 6.07 Å². The van der Waals surface area contributed by atoms with Crippen LogP contribution in [0, 0.1) is 25.2 Å². The third-order valence-corrected chi connectivity index (χ3v) is 6.82. The molecule has 0 saturated heterocycles. The van der Waals surface area contributed by atoms with Crippen LogP contribution in [-0.2, 0) is 12.8 Å². The van der Waals surface area contributed by atoms with Gasteiger partial charge in [-0.25, -0.2) is 4.79 Å². The first-order valence-electron chi connectivity index (χ1n) is 9.75. The summed E-state index contributed by atoms with van der Waals surface area (Å²) in [6.45, 7) is 3.98. The van der Waals surface area contributed by atoms with Crippen molar-refractivity contribution < 1.29 is 9.90 Å². The second-order valence-electron chi connectivity index (χ2n) is 7.39. The molecule has 1 aromatic carbocycles. The van der Waals surface area contributed by atoms with Gasteiger partial charge in [-0.2, -0.15) is 5.26 Å². The van der Waals surface area contributed by atoms with Crippen molar-refractivity contribution in [3.8, 4) is 11.1 Å². The third-order valence-electron chi connectivity index (χ3n) is 5.55. The molecule has 1 aliphatic carbocycles. The molecule has 0 fully saturated rings. The van der Waals surface area contributed by atoms with E-state index in [9.17, 15) is 15.2 Å². The van der Waals surface area contributed by atoms with Crippen LogP contribution in [0.2, 0.25) is 0 Å². The summed E-state index contributed by atoms with van der Waals surface area (Å²) in [4.78, 5) is 13.3. The number of fused-ring (bicyclic) bond motifs is 1. The summed E-state index contributed by atoms with van der Waals surface area (Å²) in [5, 5.41) is 20.4. The predicted octanol–water partition coefficient (Wildman–Crippen LogP) is 5.80. The number of allylic oxidation sites excluding steroid dienone is 1. The topological polar surface area (TPSA) is 66.0 Å². The second-order valence-corrected chi connectivity index (χ2v) is 8.48. The summed E-state index contributed by atoms with van der Waals surface area (Å²) >= 11 is 1.60. The molecule has 2 heterocycles. The Hall–Kier alpha value is -3.10. The molecule has 0 saturated carbocycles. The molecule has 146 valence electrons. The number of hydrogen-bond acceptors (Lipinski definition) is 3. The Morgan fingerprint density at radius 1 is 1.21 bits per heavy atom. The standard InChI is InChI=1S/C24H22N2O2S/c1-15-12-18(13-19(14-25)17-8-4-3-5-9-17)16(2)26(15)23-22(24(27)28)20-10-6-7-11-21(20)29-23/h3-5,8-9,12-13H,6-7,10-11H2,1-2H3,(H,27,28)/b19-13+. The number of carbonyl (C=O) groups is 1. The van der Waals surface area contributed by atoms with Gasteiger partial charge in [0.1, 0.15) is 5.00 Å². The number of benzene rings is 1. The van der Waals surface area contributed by atoms with Crippen molar-refractivity contribution in [2.75, 3.05) is 0 Å². The Morgan fingerprint density at radius 3 is 2.62 bits per heavy atom. The fourth-order valence-electron chi connectivity index (χ4n) is 4.13. The highest BCUT2D eigenvalue weighted by atomic mass is 32.1. The fraction of sp³-hybridized carbons (Fsp3) is 0.250. The van der Waals surface area contributed by atoms with Crippen LogP contribution in [0.5, 0.6) is 0 Å². The molecular weight excluding hydrogens is 380 g/mol. The maximum Gasteiger partial charge on any atom is 0.339 e. The highest BCUT2D eigenvalue weighted by molar-refractivity contribution is 7.15. The molecule has 0 aliphatic heterocycles. The van der Waals surface area contributed by atoms with E-state index < -0.39 is 5.97 Å². The Bertz CT molecular complexity index is 1160. The molecule has 29 heavy (non-hydrogen) atoms. The summed E-state index contributed by atoms with van der Waals surface area (Å²) in [6.07, 6.45) is 5.85. The van der Waals surface area contributed by atoms with Crippen molar-refractivity contribution >= 4 is 29.0 Å². The largest absolute Gasteiger partial charge is 0.478 e. The van der Waals surface area contributed by atoms with Crippen molar-refractivity contribution in [2.45, 2.75) is 39.5 Å². The maximum absolute atomic E-state index is 12.1. The number of aromatic nitrogens is 1. The summed E-state index contributed by atoms with van der Waals surface area (Å²) in [5.41, 5.74) is 5.78. The zero-order valence-electron chi connectivity index (χ0n) is 16.5. The van der Waals surface area contributed by atoms with Crippen molar-refractivity contribution in [3.05, 3.63) is 74.9 Å². The monoisotopic (exact) mass is 402 g/mol. The molecule has 3 aromatic rings. The van der Waals surface area contributed by atoms with Gasteiger partial charge in [-0.05, 0) is 68.4 Å². The molecule has 0 unspecified atom stereocenters. The molecule has 0 atom stereocenters. The highest BCUT2D eigenvalue weighted by Crippen LogP contribution is 2.39. The number of nitrogens with zero attached hydrogens (tertiary/aromatic N) is 2. The normalized spacial score (nSPS) is 13.8. The Kier molecular flexibility index (Phi) is 5.12. The zero-order valence-corrected chi connectivity index (χ0v) is 17.3. The number of hydrogen-bond donors (Lipinski definition) is 1. The Balaban J connectivity index is 1.86. The highest BCUT2D eigenvalue weighted by Gasteiger charge is 2.27. The molecule has 0 radical (unpaired) electrons. The first kappa shape index (κ1) is 19.2. The van der Waals surface area contributed by atoms with Crippen molar-refractivity contribution in [3.63, 3.8) is 0 Å². The fourth-order valence-corrected chi connectivity index (χ4v) is 5.62. The van der Waals surface area contributed by atoms with Crippen LogP contribution >= 0.6 is 11.3 Å². The molecular formula is C24H22N2O2S. The Morgan fingerprint density at radius 2 is 1.93 bits per heavy atom. The lowest BCUT2D eigenvalue weighted by Gasteiger charge is -2.11. The Labute approximate surface area is 174 Å². The molecule has 4 rings (SSSR count). The number of carboxylic acids is 1. The van der Waals surface area contributed by atoms with Gasteiger partial charge in [0.25, 0.3) is 0 Å². The summed E-state index contributed by atoms with van der Waals surface area (Å²) in [5.74, 6) is -0.856. The van der Waals surface area contributed by atoms with Crippen LogP contribution in [-0.4, -0.2) is 15.6 Å². The summed E-state index contributed by atoms with van der Waals surface area (Å²) < 4.78 is 2.04. The molecule has 2 aromatic heterocycles. The molecule has 0 bridgehead atoms. The molecule has 1 N–H and O–H groups in total. The van der Waals surface area contributed by atoms with Gasteiger partial charge in [-0.3, -0.25) is 0 Å². The lowest BCUT2D eigenvalue weighted by atomic mass is 9.95. The van der Waals surface area contributed by atoms with E-state index in [0.717, 1.165) is 58.8 Å². The van der Waals surface area contributed by atoms with E-state index in [4.69, 9.17) is 0 Å². The summed E-state index contributed by atoms with van der Waals surface area (Å²) in [7, 11) is 0. The van der Waals surface area contributed by atoms with Crippen molar-refractivity contribution in [1.29, 1.82) is 5.26 Å². The van der Waals surface area contributed by atoms with Crippen LogP contribution in [0.25, 0.3) is 16.7 Å². The number of thiophene rings is 1. The van der Waals surface area contributed by atoms with Crippen molar-refractivity contribution in [2.24, 2.45) is 0 Å². The average molecular weight is 403 g/mol. The third kappa shape index (κ3) is 3.41. The van der Waals surface area contributed by atoms with E-state index in [1.807, 2.05) is 60.9 Å². The van der Waals surface area contributed by atoms with Crippen LogP contribution < -0.4 is 0 Å². The molecule has 5 heteroatoms. The minimum atomic E-state index is -0.856. The average Bonchev–Trinajstić information content (AvgIpc) is 3.23. The molecule has 0 spiro atoms. The lowest BCUT2D eigenvalue weighted by Crippen LogP contribution is -2.09. The SMILES string of the molecule is Cc1cc(/C=C(\C#N)c2ccccc2)c(C)n1-c1sc2c(c1C(=O)O)CCCC2. The van der Waals surface area contributed by atoms with Gasteiger partial charge < -0.3 is 9.67 Å². The number of aryl methyl sites for hydroxylation is 2. The van der Waals surface area contributed by atoms with Gasteiger partial charge in [0.05, 0.1) is 17.2 Å². The van der Waals surface area contributed by atoms with Gasteiger partial charge in [-0.1, -0.05) is 30.3 Å². The first-order valence-corrected chi connectivity index (χ1v) is 10.6. The van der Waals surface area contributed by atoms with Crippen LogP contribution in [0.15, 0.2) is 36.4 Å². The molecule has 1 aliphatic rings. The molecule has 4 nitrogen and oxygen atoms in total. The smallest absolute Gasteiger partial charge is 0.339 e. The van der Waals surface area contributed by atoms with E-state index in [0.29, 0.717) is 11.1 Å². The second kappa shape index (κ2) is 7.73. The van der Waals surface area contributed by atoms with E-state index >= 15 is 0 Å². The zero-order chi connectivity index (χ0) is 20.5. The predicted molar refractivity (Wildman–Crippen MR) is 117 cm³/mol. The van der Waals surface area contributed by atoms with E-state index in [-0.39, 0.29) is 0 Å². The van der Waals surface area contributed by atoms with E-state index in [1.54, 1.807) is 11.3 Å². The molecule has 0 amide bonds. The van der Waals surface area contributed by atoms with Gasteiger partial charge in [-0.15, -0.1) is 11.3 Å². The van der Waals surface area contributed by atoms with E-state index in [1.165, 1.54) is 4.88 Å². The quantitative estimate of drug-likeness (QED) is 0.561. The van der Waals surface area contributed by atoms with Crippen molar-refractivity contribution in [1.82, 2.24) is 4.57 Å². The number of carboxylic acid groups (broad SMARTS) is 1. The van der Waals surface area contributed by atoms with Gasteiger partial charge in [0.15, 0.2) is 0 Å². The van der Waals surface area contributed by atoms with Crippen LogP contribution in [0.4, 0.5) is 0 Å². The van der Waals surface area contributed by atoms with Gasteiger partial charge in [0.2, 0.25) is 0 Å². The number of nitriles is 1.